The molecular formula is C38H40N4O4. The van der Waals surface area contributed by atoms with Gasteiger partial charge in [0, 0.05) is 30.6 Å². The Morgan fingerprint density at radius 2 is 1.52 bits per heavy atom. The SMILES string of the molecule is C[C@H]1[C@@H](CN(C)[C@@H](C)c2ccccc2)O[C@@H](c2ccc(CNC(=O)c3cnc4ccccc4n3)cc2)O[C@H]1c1ccc(CO)cc1. The van der Waals surface area contributed by atoms with Crippen LogP contribution >= 0.6 is 0 Å². The molecule has 0 bridgehead atoms. The summed E-state index contributed by atoms with van der Waals surface area (Å²) in [6, 6.07) is 34.1. The van der Waals surface area contributed by atoms with Crippen molar-refractivity contribution in [3.8, 4) is 0 Å². The van der Waals surface area contributed by atoms with Gasteiger partial charge in [-0.3, -0.25) is 14.7 Å². The van der Waals surface area contributed by atoms with E-state index in [9.17, 15) is 9.90 Å². The summed E-state index contributed by atoms with van der Waals surface area (Å²) in [6.45, 7) is 5.47. The van der Waals surface area contributed by atoms with Gasteiger partial charge < -0.3 is 19.9 Å². The smallest absolute Gasteiger partial charge is 0.271 e. The number of rotatable bonds is 10. The number of hydrogen-bond acceptors (Lipinski definition) is 7. The van der Waals surface area contributed by atoms with Gasteiger partial charge in [-0.15, -0.1) is 0 Å². The molecule has 1 aliphatic rings. The fraction of sp³-hybridized carbons (Fsp3) is 0.289. The molecule has 1 aliphatic heterocycles. The Hall–Kier alpha value is -4.47. The van der Waals surface area contributed by atoms with E-state index in [1.165, 1.54) is 11.8 Å². The first-order chi connectivity index (χ1) is 22.4. The van der Waals surface area contributed by atoms with Crippen LogP contribution in [0.1, 0.15) is 70.6 Å². The topological polar surface area (TPSA) is 96.8 Å². The molecule has 46 heavy (non-hydrogen) atoms. The second-order valence-electron chi connectivity index (χ2n) is 12.0. The third-order valence-electron chi connectivity index (χ3n) is 8.92. The van der Waals surface area contributed by atoms with Crippen LogP contribution in [0.15, 0.2) is 109 Å². The number of para-hydroxylation sites is 2. The molecule has 0 aliphatic carbocycles. The lowest BCUT2D eigenvalue weighted by atomic mass is 9.89. The quantitative estimate of drug-likeness (QED) is 0.184. The van der Waals surface area contributed by atoms with E-state index in [1.807, 2.05) is 78.9 Å². The number of fused-ring (bicyclic) bond motifs is 1. The van der Waals surface area contributed by atoms with Crippen LogP contribution in [0.5, 0.6) is 0 Å². The molecule has 0 radical (unpaired) electrons. The number of ether oxygens (including phenoxy) is 2. The highest BCUT2D eigenvalue weighted by Gasteiger charge is 2.39. The second-order valence-corrected chi connectivity index (χ2v) is 12.0. The van der Waals surface area contributed by atoms with Gasteiger partial charge in [0.1, 0.15) is 5.69 Å². The summed E-state index contributed by atoms with van der Waals surface area (Å²) in [6.07, 6.45) is 0.640. The summed E-state index contributed by atoms with van der Waals surface area (Å²) in [5, 5.41) is 12.5. The molecule has 6 rings (SSSR count). The van der Waals surface area contributed by atoms with Crippen molar-refractivity contribution in [2.24, 2.45) is 5.92 Å². The summed E-state index contributed by atoms with van der Waals surface area (Å²) < 4.78 is 13.3. The average molecular weight is 617 g/mol. The van der Waals surface area contributed by atoms with Crippen LogP contribution in [0.3, 0.4) is 0 Å². The third kappa shape index (κ3) is 7.16. The van der Waals surface area contributed by atoms with E-state index in [-0.39, 0.29) is 42.4 Å². The molecule has 0 spiro atoms. The molecule has 2 heterocycles. The number of carbonyl (C=O) groups excluding carboxylic acids is 1. The van der Waals surface area contributed by atoms with Gasteiger partial charge in [-0.25, -0.2) is 4.98 Å². The molecule has 1 saturated heterocycles. The maximum atomic E-state index is 12.8. The number of nitrogens with zero attached hydrogens (tertiary/aromatic N) is 3. The monoisotopic (exact) mass is 616 g/mol. The largest absolute Gasteiger partial charge is 0.392 e. The lowest BCUT2D eigenvalue weighted by Gasteiger charge is -2.43. The molecule has 4 aromatic carbocycles. The van der Waals surface area contributed by atoms with Gasteiger partial charge in [0.25, 0.3) is 5.91 Å². The number of likely N-dealkylation sites (N-methyl/N-ethyl adjacent to an activating group) is 1. The Bertz CT molecular complexity index is 1750. The fourth-order valence-corrected chi connectivity index (χ4v) is 5.89. The summed E-state index contributed by atoms with van der Waals surface area (Å²) in [5.41, 5.74) is 6.74. The Balaban J connectivity index is 1.16. The lowest BCUT2D eigenvalue weighted by molar-refractivity contribution is -0.276. The number of amides is 1. The number of carbonyl (C=O) groups is 1. The van der Waals surface area contributed by atoms with Crippen molar-refractivity contribution in [1.82, 2.24) is 20.2 Å². The minimum atomic E-state index is -0.569. The predicted octanol–water partition coefficient (Wildman–Crippen LogP) is 6.54. The van der Waals surface area contributed by atoms with E-state index in [0.717, 1.165) is 34.3 Å². The van der Waals surface area contributed by atoms with Crippen LogP contribution in [0.25, 0.3) is 11.0 Å². The summed E-state index contributed by atoms with van der Waals surface area (Å²) in [7, 11) is 2.13. The highest BCUT2D eigenvalue weighted by atomic mass is 16.7. The van der Waals surface area contributed by atoms with E-state index in [0.29, 0.717) is 12.1 Å². The highest BCUT2D eigenvalue weighted by Crippen LogP contribution is 2.42. The predicted molar refractivity (Wildman–Crippen MR) is 178 cm³/mol. The number of aliphatic hydroxyl groups excluding tert-OH is 1. The Kier molecular flexibility index (Phi) is 9.80. The fourth-order valence-electron chi connectivity index (χ4n) is 5.89. The van der Waals surface area contributed by atoms with Crippen LogP contribution in [0, 0.1) is 5.92 Å². The standard InChI is InChI=1S/C38H40N4O4/c1-25-35(23-42(3)26(2)29-9-5-4-6-10-29)45-38(46-36(25)30-17-15-28(24-43)16-18-30)31-19-13-27(14-20-31)21-40-37(44)34-22-39-32-11-7-8-12-33(32)41-34/h4-20,22,25-26,35-36,38,43H,21,23-24H2,1-3H3,(H,40,44)/t25-,26-,35+,36+,38+/m0/s1. The van der Waals surface area contributed by atoms with Crippen molar-refractivity contribution < 1.29 is 19.4 Å². The molecule has 8 heteroatoms. The molecule has 1 amide bonds. The van der Waals surface area contributed by atoms with Crippen molar-refractivity contribution in [3.63, 3.8) is 0 Å². The summed E-state index contributed by atoms with van der Waals surface area (Å²) in [4.78, 5) is 23.9. The maximum Gasteiger partial charge on any atom is 0.271 e. The van der Waals surface area contributed by atoms with Gasteiger partial charge in [0.2, 0.25) is 0 Å². The molecule has 236 valence electrons. The van der Waals surface area contributed by atoms with Crippen LogP contribution < -0.4 is 5.32 Å². The first-order valence-corrected chi connectivity index (χ1v) is 15.7. The van der Waals surface area contributed by atoms with Crippen molar-refractivity contribution in [3.05, 3.63) is 143 Å². The highest BCUT2D eigenvalue weighted by molar-refractivity contribution is 5.93. The maximum absolute atomic E-state index is 12.8. The van der Waals surface area contributed by atoms with Crippen LogP contribution in [0.2, 0.25) is 0 Å². The normalized spacial score (nSPS) is 20.5. The number of aliphatic hydroxyl groups is 1. The molecule has 5 aromatic rings. The first kappa shape index (κ1) is 31.5. The first-order valence-electron chi connectivity index (χ1n) is 15.7. The molecule has 2 N–H and O–H groups in total. The minimum Gasteiger partial charge on any atom is -0.392 e. The van der Waals surface area contributed by atoms with Crippen molar-refractivity contribution in [2.45, 2.75) is 51.5 Å². The minimum absolute atomic E-state index is 0.000346. The average Bonchev–Trinajstić information content (AvgIpc) is 3.11. The Labute approximate surface area is 270 Å². The van der Waals surface area contributed by atoms with Gasteiger partial charge in [0.15, 0.2) is 6.29 Å². The van der Waals surface area contributed by atoms with Gasteiger partial charge in [-0.2, -0.15) is 0 Å². The van der Waals surface area contributed by atoms with E-state index < -0.39 is 6.29 Å². The van der Waals surface area contributed by atoms with Gasteiger partial charge in [-0.05, 0) is 48.4 Å². The van der Waals surface area contributed by atoms with Gasteiger partial charge in [-0.1, -0.05) is 97.9 Å². The Morgan fingerprint density at radius 1 is 0.870 bits per heavy atom. The molecule has 5 atom stereocenters. The van der Waals surface area contributed by atoms with E-state index in [2.05, 4.69) is 65.3 Å². The number of aromatic nitrogens is 2. The molecule has 0 unspecified atom stereocenters. The van der Waals surface area contributed by atoms with Crippen LogP contribution in [-0.2, 0) is 22.6 Å². The number of nitrogens with one attached hydrogen (secondary N) is 1. The molecule has 1 aromatic heterocycles. The number of hydrogen-bond donors (Lipinski definition) is 2. The zero-order chi connectivity index (χ0) is 32.0. The zero-order valence-corrected chi connectivity index (χ0v) is 26.4. The van der Waals surface area contributed by atoms with Crippen LogP contribution in [0.4, 0.5) is 0 Å². The van der Waals surface area contributed by atoms with Crippen molar-refractivity contribution in [2.75, 3.05) is 13.6 Å². The lowest BCUT2D eigenvalue weighted by Crippen LogP contribution is -2.44. The summed E-state index contributed by atoms with van der Waals surface area (Å²) in [5.74, 6) is -0.198. The zero-order valence-electron chi connectivity index (χ0n) is 26.4. The molecule has 0 saturated carbocycles. The summed E-state index contributed by atoms with van der Waals surface area (Å²) >= 11 is 0. The second kappa shape index (κ2) is 14.3. The van der Waals surface area contributed by atoms with E-state index in [4.69, 9.17) is 9.47 Å². The van der Waals surface area contributed by atoms with Gasteiger partial charge in [0.05, 0.1) is 36.0 Å². The van der Waals surface area contributed by atoms with Crippen molar-refractivity contribution in [1.29, 1.82) is 0 Å². The Morgan fingerprint density at radius 3 is 2.24 bits per heavy atom. The molecular weight excluding hydrogens is 576 g/mol. The molecule has 1 fully saturated rings. The number of benzene rings is 4. The van der Waals surface area contributed by atoms with E-state index in [1.54, 1.807) is 0 Å². The third-order valence-corrected chi connectivity index (χ3v) is 8.92. The molecule has 8 nitrogen and oxygen atoms in total. The van der Waals surface area contributed by atoms with Crippen LogP contribution in [-0.4, -0.2) is 45.6 Å². The van der Waals surface area contributed by atoms with Crippen molar-refractivity contribution >= 4 is 16.9 Å². The van der Waals surface area contributed by atoms with Gasteiger partial charge >= 0.3 is 0 Å². The van der Waals surface area contributed by atoms with E-state index >= 15 is 0 Å².